The van der Waals surface area contributed by atoms with E-state index in [-0.39, 0.29) is 25.5 Å². The van der Waals surface area contributed by atoms with Gasteiger partial charge in [-0.3, -0.25) is 4.79 Å². The lowest BCUT2D eigenvalue weighted by molar-refractivity contribution is -0.121. The van der Waals surface area contributed by atoms with Crippen molar-refractivity contribution in [2.45, 2.75) is 26.2 Å². The van der Waals surface area contributed by atoms with Crippen molar-refractivity contribution in [3.05, 3.63) is 28.2 Å². The zero-order chi connectivity index (χ0) is 15.7. The normalized spacial score (nSPS) is 12.0. The molecule has 2 N–H and O–H groups in total. The van der Waals surface area contributed by atoms with Gasteiger partial charge in [0.25, 0.3) is 0 Å². The molecule has 0 fully saturated rings. The van der Waals surface area contributed by atoms with Gasteiger partial charge in [0.1, 0.15) is 5.75 Å². The van der Waals surface area contributed by atoms with Crippen LogP contribution in [0.15, 0.2) is 18.2 Å². The SMILES string of the molecule is CCC(CCO)CNC(=O)CCOc1ccc(Cl)c(Cl)c1. The zero-order valence-electron chi connectivity index (χ0n) is 12.1. The first-order chi connectivity index (χ1) is 10.1. The quantitative estimate of drug-likeness (QED) is 0.729. The van der Waals surface area contributed by atoms with Gasteiger partial charge in [0.05, 0.1) is 23.1 Å². The first-order valence-electron chi connectivity index (χ1n) is 7.02. The molecule has 0 bridgehead atoms. The smallest absolute Gasteiger partial charge is 0.223 e. The van der Waals surface area contributed by atoms with Crippen LogP contribution in [-0.2, 0) is 4.79 Å². The molecule has 21 heavy (non-hydrogen) atoms. The average molecular weight is 334 g/mol. The molecular formula is C15H21Cl2NO3. The van der Waals surface area contributed by atoms with Crippen molar-refractivity contribution in [1.29, 1.82) is 0 Å². The van der Waals surface area contributed by atoms with Crippen molar-refractivity contribution in [2.24, 2.45) is 5.92 Å². The van der Waals surface area contributed by atoms with Gasteiger partial charge in [-0.1, -0.05) is 36.5 Å². The third kappa shape index (κ3) is 7.02. The molecule has 118 valence electrons. The van der Waals surface area contributed by atoms with Gasteiger partial charge in [0, 0.05) is 19.2 Å². The second-order valence-electron chi connectivity index (χ2n) is 4.77. The van der Waals surface area contributed by atoms with E-state index in [4.69, 9.17) is 33.0 Å². The van der Waals surface area contributed by atoms with Gasteiger partial charge in [-0.05, 0) is 24.5 Å². The van der Waals surface area contributed by atoms with E-state index in [1.165, 1.54) is 0 Å². The number of ether oxygens (including phenoxy) is 1. The van der Waals surface area contributed by atoms with Crippen LogP contribution in [0.2, 0.25) is 10.0 Å². The Morgan fingerprint density at radius 2 is 2.14 bits per heavy atom. The van der Waals surface area contributed by atoms with Crippen LogP contribution in [0, 0.1) is 5.92 Å². The van der Waals surface area contributed by atoms with Crippen LogP contribution in [0.1, 0.15) is 26.2 Å². The maximum absolute atomic E-state index is 11.7. The van der Waals surface area contributed by atoms with E-state index < -0.39 is 0 Å². The van der Waals surface area contributed by atoms with E-state index in [2.05, 4.69) is 5.32 Å². The van der Waals surface area contributed by atoms with Crippen LogP contribution in [-0.4, -0.2) is 30.8 Å². The number of aliphatic hydroxyl groups is 1. The highest BCUT2D eigenvalue weighted by molar-refractivity contribution is 6.42. The first-order valence-corrected chi connectivity index (χ1v) is 7.77. The fraction of sp³-hybridized carbons (Fsp3) is 0.533. The number of benzene rings is 1. The summed E-state index contributed by atoms with van der Waals surface area (Å²) in [5, 5.41) is 12.6. The lowest BCUT2D eigenvalue weighted by atomic mass is 10.0. The van der Waals surface area contributed by atoms with Crippen molar-refractivity contribution in [3.63, 3.8) is 0 Å². The van der Waals surface area contributed by atoms with Crippen molar-refractivity contribution in [1.82, 2.24) is 5.32 Å². The fourth-order valence-electron chi connectivity index (χ4n) is 1.81. The molecule has 1 aromatic rings. The molecule has 0 spiro atoms. The van der Waals surface area contributed by atoms with Gasteiger partial charge in [-0.25, -0.2) is 0 Å². The predicted molar refractivity (Wildman–Crippen MR) is 85.1 cm³/mol. The van der Waals surface area contributed by atoms with Gasteiger partial charge in [-0.15, -0.1) is 0 Å². The van der Waals surface area contributed by atoms with E-state index in [1.807, 2.05) is 6.92 Å². The van der Waals surface area contributed by atoms with Crippen LogP contribution in [0.3, 0.4) is 0 Å². The number of carbonyl (C=O) groups excluding carboxylic acids is 1. The zero-order valence-corrected chi connectivity index (χ0v) is 13.6. The summed E-state index contributed by atoms with van der Waals surface area (Å²) in [6.07, 6.45) is 1.91. The molecule has 1 amide bonds. The Balaban J connectivity index is 2.25. The highest BCUT2D eigenvalue weighted by Crippen LogP contribution is 2.26. The molecule has 1 unspecified atom stereocenters. The predicted octanol–water partition coefficient (Wildman–Crippen LogP) is 3.29. The molecule has 0 aliphatic rings. The number of halogens is 2. The average Bonchev–Trinajstić information content (AvgIpc) is 2.47. The van der Waals surface area contributed by atoms with Crippen LogP contribution in [0.5, 0.6) is 5.75 Å². The third-order valence-corrected chi connectivity index (χ3v) is 3.93. The van der Waals surface area contributed by atoms with Gasteiger partial charge >= 0.3 is 0 Å². The summed E-state index contributed by atoms with van der Waals surface area (Å²) in [4.78, 5) is 11.7. The maximum atomic E-state index is 11.7. The highest BCUT2D eigenvalue weighted by Gasteiger charge is 2.08. The summed E-state index contributed by atoms with van der Waals surface area (Å²) < 4.78 is 5.45. The molecule has 0 radical (unpaired) electrons. The standard InChI is InChI=1S/C15H21Cl2NO3/c1-2-11(5-7-19)10-18-15(20)6-8-21-12-3-4-13(16)14(17)9-12/h3-4,9,11,19H,2,5-8,10H2,1H3,(H,18,20). The van der Waals surface area contributed by atoms with Crippen molar-refractivity contribution in [2.75, 3.05) is 19.8 Å². The number of aliphatic hydroxyl groups excluding tert-OH is 1. The molecule has 0 saturated heterocycles. The molecular weight excluding hydrogens is 313 g/mol. The third-order valence-electron chi connectivity index (χ3n) is 3.19. The number of hydrogen-bond acceptors (Lipinski definition) is 3. The molecule has 1 aromatic carbocycles. The second-order valence-corrected chi connectivity index (χ2v) is 5.58. The monoisotopic (exact) mass is 333 g/mol. The summed E-state index contributed by atoms with van der Waals surface area (Å²) in [5.41, 5.74) is 0. The van der Waals surface area contributed by atoms with Crippen LogP contribution >= 0.6 is 23.2 Å². The summed E-state index contributed by atoms with van der Waals surface area (Å²) in [5.74, 6) is 0.838. The van der Waals surface area contributed by atoms with Crippen molar-refractivity contribution in [3.8, 4) is 5.75 Å². The van der Waals surface area contributed by atoms with Crippen LogP contribution in [0.25, 0.3) is 0 Å². The molecule has 4 nitrogen and oxygen atoms in total. The second kappa shape index (κ2) is 9.87. The van der Waals surface area contributed by atoms with E-state index in [1.54, 1.807) is 18.2 Å². The Bertz CT molecular complexity index is 455. The number of hydrogen-bond donors (Lipinski definition) is 2. The summed E-state index contributed by atoms with van der Waals surface area (Å²) in [7, 11) is 0. The Morgan fingerprint density at radius 1 is 1.38 bits per heavy atom. The number of amides is 1. The first kappa shape index (κ1) is 18.1. The molecule has 0 aliphatic heterocycles. The van der Waals surface area contributed by atoms with E-state index in [9.17, 15) is 4.79 Å². The molecule has 0 aliphatic carbocycles. The number of rotatable bonds is 9. The number of carbonyl (C=O) groups is 1. The molecule has 0 heterocycles. The molecule has 6 heteroatoms. The van der Waals surface area contributed by atoms with Gasteiger partial charge in [0.2, 0.25) is 5.91 Å². The van der Waals surface area contributed by atoms with Gasteiger partial charge in [0.15, 0.2) is 0 Å². The molecule has 0 saturated carbocycles. The number of nitrogens with one attached hydrogen (secondary N) is 1. The Kier molecular flexibility index (Phi) is 8.50. The summed E-state index contributed by atoms with van der Waals surface area (Å²) in [6, 6.07) is 4.98. The Labute approximate surface area is 135 Å². The fourth-order valence-corrected chi connectivity index (χ4v) is 2.10. The maximum Gasteiger partial charge on any atom is 0.223 e. The largest absolute Gasteiger partial charge is 0.493 e. The molecule has 1 rings (SSSR count). The lowest BCUT2D eigenvalue weighted by Crippen LogP contribution is -2.30. The van der Waals surface area contributed by atoms with E-state index >= 15 is 0 Å². The van der Waals surface area contributed by atoms with Crippen LogP contribution in [0.4, 0.5) is 0 Å². The van der Waals surface area contributed by atoms with Crippen LogP contribution < -0.4 is 10.1 Å². The van der Waals surface area contributed by atoms with Crippen molar-refractivity contribution < 1.29 is 14.6 Å². The molecule has 0 aromatic heterocycles. The summed E-state index contributed by atoms with van der Waals surface area (Å²) in [6.45, 7) is 3.05. The Morgan fingerprint density at radius 3 is 2.76 bits per heavy atom. The van der Waals surface area contributed by atoms with Crippen molar-refractivity contribution >= 4 is 29.1 Å². The minimum Gasteiger partial charge on any atom is -0.493 e. The lowest BCUT2D eigenvalue weighted by Gasteiger charge is -2.14. The van der Waals surface area contributed by atoms with E-state index in [0.29, 0.717) is 34.7 Å². The minimum absolute atomic E-state index is 0.0635. The highest BCUT2D eigenvalue weighted by atomic mass is 35.5. The minimum atomic E-state index is -0.0635. The van der Waals surface area contributed by atoms with Gasteiger partial charge < -0.3 is 15.2 Å². The topological polar surface area (TPSA) is 58.6 Å². The van der Waals surface area contributed by atoms with E-state index in [0.717, 1.165) is 6.42 Å². The van der Waals surface area contributed by atoms with Gasteiger partial charge in [-0.2, -0.15) is 0 Å². The molecule has 1 atom stereocenters. The summed E-state index contributed by atoms with van der Waals surface area (Å²) >= 11 is 11.7. The Hall–Kier alpha value is -0.970.